The van der Waals surface area contributed by atoms with Crippen molar-refractivity contribution in [3.05, 3.63) is 59.1 Å². The molecule has 0 saturated carbocycles. The molecular weight excluding hydrogens is 342 g/mol. The van der Waals surface area contributed by atoms with Gasteiger partial charge in [0, 0.05) is 17.4 Å². The number of rotatable bonds is 4. The van der Waals surface area contributed by atoms with Gasteiger partial charge in [-0.25, -0.2) is 9.97 Å². The molecule has 0 fully saturated rings. The van der Waals surface area contributed by atoms with Crippen LogP contribution in [-0.2, 0) is 5.41 Å². The van der Waals surface area contributed by atoms with Gasteiger partial charge in [-0.2, -0.15) is 0 Å². The first-order valence-corrected chi connectivity index (χ1v) is 8.69. The zero-order chi connectivity index (χ0) is 19.6. The lowest BCUT2D eigenvalue weighted by molar-refractivity contribution is 0.102. The third kappa shape index (κ3) is 4.49. The van der Waals surface area contributed by atoms with Crippen molar-refractivity contribution in [3.63, 3.8) is 0 Å². The molecule has 27 heavy (non-hydrogen) atoms. The lowest BCUT2D eigenvalue weighted by Gasteiger charge is -2.23. The van der Waals surface area contributed by atoms with Crippen LogP contribution in [0.25, 0.3) is 0 Å². The van der Waals surface area contributed by atoms with Crippen molar-refractivity contribution in [1.82, 2.24) is 15.1 Å². The molecule has 0 aliphatic carbocycles. The van der Waals surface area contributed by atoms with E-state index in [1.807, 2.05) is 24.3 Å². The fourth-order valence-electron chi connectivity index (χ4n) is 2.71. The van der Waals surface area contributed by atoms with Crippen LogP contribution < -0.4 is 10.6 Å². The number of benzene rings is 1. The van der Waals surface area contributed by atoms with Gasteiger partial charge < -0.3 is 15.2 Å². The highest BCUT2D eigenvalue weighted by Gasteiger charge is 2.20. The first kappa shape index (κ1) is 18.6. The summed E-state index contributed by atoms with van der Waals surface area (Å²) in [4.78, 5) is 21.4. The summed E-state index contributed by atoms with van der Waals surface area (Å²) in [7, 11) is 0. The topological polar surface area (TPSA) is 92.9 Å². The highest BCUT2D eigenvalue weighted by molar-refractivity contribution is 6.03. The Morgan fingerprint density at radius 1 is 1.07 bits per heavy atom. The average Bonchev–Trinajstić information content (AvgIpc) is 2.98. The second-order valence-corrected chi connectivity index (χ2v) is 7.42. The highest BCUT2D eigenvalue weighted by Crippen LogP contribution is 2.29. The van der Waals surface area contributed by atoms with Crippen molar-refractivity contribution in [2.75, 3.05) is 10.6 Å². The van der Waals surface area contributed by atoms with Crippen LogP contribution >= 0.6 is 0 Å². The van der Waals surface area contributed by atoms with Gasteiger partial charge in [0.1, 0.15) is 11.5 Å². The molecule has 3 rings (SSSR count). The molecule has 2 aromatic heterocycles. The highest BCUT2D eigenvalue weighted by atomic mass is 16.5. The molecule has 7 heteroatoms. The minimum Gasteiger partial charge on any atom is -0.360 e. The van der Waals surface area contributed by atoms with Crippen LogP contribution in [0.3, 0.4) is 0 Å². The van der Waals surface area contributed by atoms with Gasteiger partial charge in [-0.3, -0.25) is 4.79 Å². The SMILES string of the molecule is Cc1cc(C(=O)Nc2ccccc2C(C)(C)C)nc(Nc2cc(C)on2)n1. The molecule has 1 aromatic carbocycles. The van der Waals surface area contributed by atoms with E-state index in [0.29, 0.717) is 17.3 Å². The molecular formula is C20H23N5O2. The van der Waals surface area contributed by atoms with Gasteiger partial charge in [-0.15, -0.1) is 0 Å². The maximum atomic E-state index is 12.8. The van der Waals surface area contributed by atoms with E-state index < -0.39 is 0 Å². The van der Waals surface area contributed by atoms with Gasteiger partial charge in [0.15, 0.2) is 5.82 Å². The van der Waals surface area contributed by atoms with E-state index in [4.69, 9.17) is 4.52 Å². The molecule has 0 radical (unpaired) electrons. The van der Waals surface area contributed by atoms with E-state index in [2.05, 4.69) is 46.5 Å². The first-order chi connectivity index (χ1) is 12.7. The van der Waals surface area contributed by atoms with Crippen LogP contribution in [0.5, 0.6) is 0 Å². The first-order valence-electron chi connectivity index (χ1n) is 8.69. The zero-order valence-electron chi connectivity index (χ0n) is 16.1. The third-order valence-electron chi connectivity index (χ3n) is 3.94. The van der Waals surface area contributed by atoms with Crippen molar-refractivity contribution >= 4 is 23.4 Å². The summed E-state index contributed by atoms with van der Waals surface area (Å²) in [6, 6.07) is 11.1. The number of anilines is 3. The second-order valence-electron chi connectivity index (χ2n) is 7.42. The van der Waals surface area contributed by atoms with E-state index in [1.54, 1.807) is 26.0 Å². The Morgan fingerprint density at radius 3 is 2.48 bits per heavy atom. The minimum absolute atomic E-state index is 0.0943. The van der Waals surface area contributed by atoms with Crippen LogP contribution in [0.4, 0.5) is 17.5 Å². The van der Waals surface area contributed by atoms with Crippen LogP contribution in [-0.4, -0.2) is 21.0 Å². The van der Waals surface area contributed by atoms with Gasteiger partial charge in [0.05, 0.1) is 0 Å². The zero-order valence-corrected chi connectivity index (χ0v) is 16.1. The fraction of sp³-hybridized carbons (Fsp3) is 0.300. The van der Waals surface area contributed by atoms with E-state index in [9.17, 15) is 4.79 Å². The molecule has 2 N–H and O–H groups in total. The monoisotopic (exact) mass is 365 g/mol. The number of aromatic nitrogens is 3. The standard InChI is InChI=1S/C20H23N5O2/c1-12-10-16(23-19(21-12)24-17-11-13(2)27-25-17)18(26)22-15-9-7-6-8-14(15)20(3,4)5/h6-11H,1-5H3,(H,22,26)(H,21,23,24,25). The van der Waals surface area contributed by atoms with E-state index >= 15 is 0 Å². The molecule has 7 nitrogen and oxygen atoms in total. The number of nitrogens with one attached hydrogen (secondary N) is 2. The number of nitrogens with zero attached hydrogens (tertiary/aromatic N) is 3. The van der Waals surface area contributed by atoms with Gasteiger partial charge in [0.25, 0.3) is 5.91 Å². The second kappa shape index (κ2) is 7.19. The molecule has 140 valence electrons. The number of carbonyl (C=O) groups excluding carboxylic acids is 1. The molecule has 0 aliphatic rings. The molecule has 3 aromatic rings. The van der Waals surface area contributed by atoms with Crippen molar-refractivity contribution in [2.24, 2.45) is 0 Å². The number of amides is 1. The summed E-state index contributed by atoms with van der Waals surface area (Å²) in [5.74, 6) is 1.15. The Labute approximate surface area is 158 Å². The molecule has 0 saturated heterocycles. The average molecular weight is 365 g/mol. The summed E-state index contributed by atoms with van der Waals surface area (Å²) in [6.07, 6.45) is 0. The van der Waals surface area contributed by atoms with Crippen molar-refractivity contribution < 1.29 is 9.32 Å². The summed E-state index contributed by atoms with van der Waals surface area (Å²) in [6.45, 7) is 9.92. The van der Waals surface area contributed by atoms with Gasteiger partial charge >= 0.3 is 0 Å². The fourth-order valence-corrected chi connectivity index (χ4v) is 2.71. The summed E-state index contributed by atoms with van der Waals surface area (Å²) >= 11 is 0. The third-order valence-corrected chi connectivity index (χ3v) is 3.94. The summed E-state index contributed by atoms with van der Waals surface area (Å²) < 4.78 is 5.02. The van der Waals surface area contributed by atoms with Crippen LogP contribution in [0.2, 0.25) is 0 Å². The van der Waals surface area contributed by atoms with Crippen LogP contribution in [0.15, 0.2) is 40.9 Å². The van der Waals surface area contributed by atoms with Gasteiger partial charge in [-0.1, -0.05) is 44.1 Å². The Hall–Kier alpha value is -3.22. The van der Waals surface area contributed by atoms with Gasteiger partial charge in [-0.05, 0) is 37.0 Å². The van der Waals surface area contributed by atoms with E-state index in [1.165, 1.54) is 0 Å². The molecule has 1 amide bonds. The van der Waals surface area contributed by atoms with Crippen LogP contribution in [0, 0.1) is 13.8 Å². The van der Waals surface area contributed by atoms with Crippen LogP contribution in [0.1, 0.15) is 48.3 Å². The number of hydrogen-bond acceptors (Lipinski definition) is 6. The Bertz CT molecular complexity index is 972. The largest absolute Gasteiger partial charge is 0.360 e. The normalized spacial score (nSPS) is 11.3. The minimum atomic E-state index is -0.295. The molecule has 0 unspecified atom stereocenters. The summed E-state index contributed by atoms with van der Waals surface area (Å²) in [5.41, 5.74) is 2.67. The van der Waals surface area contributed by atoms with E-state index in [0.717, 1.165) is 11.3 Å². The molecule has 0 bridgehead atoms. The maximum Gasteiger partial charge on any atom is 0.274 e. The Kier molecular flexibility index (Phi) is 4.94. The molecule has 0 atom stereocenters. The molecule has 0 aliphatic heterocycles. The lowest BCUT2D eigenvalue weighted by atomic mass is 9.86. The van der Waals surface area contributed by atoms with Gasteiger partial charge in [0.2, 0.25) is 5.95 Å². The lowest BCUT2D eigenvalue weighted by Crippen LogP contribution is -2.20. The van der Waals surface area contributed by atoms with E-state index in [-0.39, 0.29) is 23.0 Å². The van der Waals surface area contributed by atoms with Crippen molar-refractivity contribution in [1.29, 1.82) is 0 Å². The quantitative estimate of drug-likeness (QED) is 0.713. The Morgan fingerprint density at radius 2 is 1.81 bits per heavy atom. The van der Waals surface area contributed by atoms with Crippen molar-refractivity contribution in [2.45, 2.75) is 40.0 Å². The predicted molar refractivity (Wildman–Crippen MR) is 104 cm³/mol. The number of hydrogen-bond donors (Lipinski definition) is 2. The summed E-state index contributed by atoms with van der Waals surface area (Å²) in [5, 5.41) is 9.77. The number of aryl methyl sites for hydroxylation is 2. The maximum absolute atomic E-state index is 12.8. The smallest absolute Gasteiger partial charge is 0.274 e. The number of para-hydroxylation sites is 1. The molecule has 0 spiro atoms. The number of carbonyl (C=O) groups is 1. The van der Waals surface area contributed by atoms with Crippen molar-refractivity contribution in [3.8, 4) is 0 Å². The Balaban J connectivity index is 1.85. The predicted octanol–water partition coefficient (Wildman–Crippen LogP) is 4.37. The molecule has 2 heterocycles.